The first-order valence-electron chi connectivity index (χ1n) is 12.4. The highest BCUT2D eigenvalue weighted by Crippen LogP contribution is 2.28. The molecule has 2 fully saturated rings. The van der Waals surface area contributed by atoms with E-state index in [2.05, 4.69) is 26.7 Å². The summed E-state index contributed by atoms with van der Waals surface area (Å²) >= 11 is 0. The number of hydrogen-bond donors (Lipinski definition) is 1. The summed E-state index contributed by atoms with van der Waals surface area (Å²) < 4.78 is 38.4. The van der Waals surface area contributed by atoms with Crippen LogP contribution in [0.15, 0.2) is 36.5 Å². The normalized spacial score (nSPS) is 22.1. The van der Waals surface area contributed by atoms with Crippen LogP contribution in [0.2, 0.25) is 0 Å². The van der Waals surface area contributed by atoms with Gasteiger partial charge in [0.05, 0.1) is 31.1 Å². The lowest BCUT2D eigenvalue weighted by atomic mass is 9.97. The number of likely N-dealkylation sites (tertiary alicyclic amines) is 1. The summed E-state index contributed by atoms with van der Waals surface area (Å²) in [7, 11) is -3.43. The van der Waals surface area contributed by atoms with E-state index < -0.39 is 28.2 Å². The molecule has 2 atom stereocenters. The quantitative estimate of drug-likeness (QED) is 0.618. The van der Waals surface area contributed by atoms with Crippen molar-refractivity contribution in [3.63, 3.8) is 0 Å². The van der Waals surface area contributed by atoms with Gasteiger partial charge < -0.3 is 19.3 Å². The van der Waals surface area contributed by atoms with Crippen molar-refractivity contribution in [2.24, 2.45) is 0 Å². The summed E-state index contributed by atoms with van der Waals surface area (Å²) in [6.45, 7) is 6.03. The first-order chi connectivity index (χ1) is 16.7. The van der Waals surface area contributed by atoms with Gasteiger partial charge in [0.25, 0.3) is 0 Å². The highest BCUT2D eigenvalue weighted by atomic mass is 32.2. The lowest BCUT2D eigenvalue weighted by Gasteiger charge is -2.41. The standard InChI is InChI=1S/C25H36N4O5S/c1-18(2)34-25(30)29-14-6-9-22(27-35(3,31)32)23(29)17-33-20-11-15-28(16-12-20)24-21-8-5-4-7-19(21)10-13-26-24/h4-5,7-8,10,13,18,20,22-23,27H,6,9,11-12,14-17H2,1-3H3. The maximum Gasteiger partial charge on any atom is 0.410 e. The number of sulfonamides is 1. The number of amides is 1. The predicted octanol–water partition coefficient (Wildman–Crippen LogP) is 3.15. The molecule has 1 aromatic carbocycles. The molecule has 0 spiro atoms. The maximum atomic E-state index is 12.7. The van der Waals surface area contributed by atoms with Gasteiger partial charge in [0.1, 0.15) is 5.82 Å². The van der Waals surface area contributed by atoms with Crippen molar-refractivity contribution in [3.8, 4) is 0 Å². The molecule has 2 aliphatic rings. The number of rotatable bonds is 7. The molecular weight excluding hydrogens is 468 g/mol. The number of nitrogens with one attached hydrogen (secondary N) is 1. The molecule has 0 radical (unpaired) electrons. The van der Waals surface area contributed by atoms with E-state index >= 15 is 0 Å². The van der Waals surface area contributed by atoms with Gasteiger partial charge in [-0.25, -0.2) is 22.9 Å². The van der Waals surface area contributed by atoms with Gasteiger partial charge in [-0.1, -0.05) is 24.3 Å². The minimum absolute atomic E-state index is 0.0324. The zero-order valence-corrected chi connectivity index (χ0v) is 21.5. The molecule has 0 aliphatic carbocycles. The first-order valence-corrected chi connectivity index (χ1v) is 14.3. The van der Waals surface area contributed by atoms with Crippen molar-refractivity contribution in [1.82, 2.24) is 14.6 Å². The molecule has 2 unspecified atom stereocenters. The van der Waals surface area contributed by atoms with Crippen molar-refractivity contribution in [3.05, 3.63) is 36.5 Å². The molecule has 3 heterocycles. The topological polar surface area (TPSA) is 101 Å². The Bertz CT molecular complexity index is 1110. The van der Waals surface area contributed by atoms with Crippen LogP contribution >= 0.6 is 0 Å². The van der Waals surface area contributed by atoms with Crippen LogP contribution in [-0.4, -0.2) is 81.2 Å². The van der Waals surface area contributed by atoms with E-state index in [4.69, 9.17) is 9.47 Å². The molecular formula is C25H36N4O5S. The molecule has 35 heavy (non-hydrogen) atoms. The second kappa shape index (κ2) is 11.1. The molecule has 1 aromatic heterocycles. The summed E-state index contributed by atoms with van der Waals surface area (Å²) in [5.74, 6) is 0.994. The van der Waals surface area contributed by atoms with Gasteiger partial charge in [-0.15, -0.1) is 0 Å². The van der Waals surface area contributed by atoms with Crippen LogP contribution in [0.25, 0.3) is 10.8 Å². The third-order valence-corrected chi connectivity index (χ3v) is 7.34. The molecule has 4 rings (SSSR count). The Hall–Kier alpha value is -2.43. The minimum Gasteiger partial charge on any atom is -0.447 e. The molecule has 1 amide bonds. The molecule has 2 aliphatic heterocycles. The zero-order chi connectivity index (χ0) is 25.0. The Kier molecular flexibility index (Phi) is 8.13. The van der Waals surface area contributed by atoms with Crippen molar-refractivity contribution >= 4 is 32.7 Å². The van der Waals surface area contributed by atoms with E-state index in [1.165, 1.54) is 5.39 Å². The van der Waals surface area contributed by atoms with E-state index in [1.807, 2.05) is 24.4 Å². The number of aromatic nitrogens is 1. The number of piperidine rings is 2. The van der Waals surface area contributed by atoms with Crippen molar-refractivity contribution < 1.29 is 22.7 Å². The van der Waals surface area contributed by atoms with Gasteiger partial charge in [0, 0.05) is 37.3 Å². The maximum absolute atomic E-state index is 12.7. The van der Waals surface area contributed by atoms with Gasteiger partial charge in [0.2, 0.25) is 10.0 Å². The fourth-order valence-corrected chi connectivity index (χ4v) is 5.82. The van der Waals surface area contributed by atoms with E-state index in [1.54, 1.807) is 18.7 Å². The average molecular weight is 505 g/mol. The number of carbonyl (C=O) groups excluding carboxylic acids is 1. The Morgan fingerprint density at radius 3 is 2.60 bits per heavy atom. The zero-order valence-electron chi connectivity index (χ0n) is 20.7. The van der Waals surface area contributed by atoms with Crippen molar-refractivity contribution in [2.45, 2.75) is 63.8 Å². The third kappa shape index (κ3) is 6.62. The van der Waals surface area contributed by atoms with Gasteiger partial charge in [0.15, 0.2) is 0 Å². The summed E-state index contributed by atoms with van der Waals surface area (Å²) in [4.78, 5) is 21.3. The van der Waals surface area contributed by atoms with Crippen molar-refractivity contribution in [1.29, 1.82) is 0 Å². The largest absolute Gasteiger partial charge is 0.447 e. The fourth-order valence-electron chi connectivity index (χ4n) is 5.00. The van der Waals surface area contributed by atoms with Crippen LogP contribution in [0, 0.1) is 0 Å². The SMILES string of the molecule is CC(C)OC(=O)N1CCCC(NS(C)(=O)=O)C1COC1CCN(c2nccc3ccccc23)CC1. The number of hydrogen-bond acceptors (Lipinski definition) is 7. The molecule has 9 nitrogen and oxygen atoms in total. The number of nitrogens with zero attached hydrogens (tertiary/aromatic N) is 3. The van der Waals surface area contributed by atoms with Crippen LogP contribution in [0.4, 0.5) is 10.6 Å². The summed E-state index contributed by atoms with van der Waals surface area (Å²) in [6, 6.07) is 9.46. The number of carbonyl (C=O) groups is 1. The van der Waals surface area contributed by atoms with Gasteiger partial charge in [-0.3, -0.25) is 0 Å². The van der Waals surface area contributed by atoms with E-state index in [0.717, 1.165) is 43.4 Å². The molecule has 0 saturated carbocycles. The van der Waals surface area contributed by atoms with Crippen LogP contribution in [0.5, 0.6) is 0 Å². The smallest absolute Gasteiger partial charge is 0.410 e. The van der Waals surface area contributed by atoms with E-state index in [9.17, 15) is 13.2 Å². The lowest BCUT2D eigenvalue weighted by Crippen LogP contribution is -2.59. The highest BCUT2D eigenvalue weighted by molar-refractivity contribution is 7.88. The monoisotopic (exact) mass is 504 g/mol. The molecule has 1 N–H and O–H groups in total. The first kappa shape index (κ1) is 25.7. The number of benzene rings is 1. The molecule has 192 valence electrons. The number of pyridine rings is 1. The van der Waals surface area contributed by atoms with E-state index in [-0.39, 0.29) is 18.8 Å². The summed E-state index contributed by atoms with van der Waals surface area (Å²) in [5, 5.41) is 2.32. The number of anilines is 1. The van der Waals surface area contributed by atoms with Gasteiger partial charge >= 0.3 is 6.09 Å². The Morgan fingerprint density at radius 1 is 1.14 bits per heavy atom. The Morgan fingerprint density at radius 2 is 1.89 bits per heavy atom. The predicted molar refractivity (Wildman–Crippen MR) is 136 cm³/mol. The average Bonchev–Trinajstić information content (AvgIpc) is 2.82. The van der Waals surface area contributed by atoms with Crippen LogP contribution in [-0.2, 0) is 19.5 Å². The van der Waals surface area contributed by atoms with Crippen molar-refractivity contribution in [2.75, 3.05) is 37.4 Å². The number of fused-ring (bicyclic) bond motifs is 1. The lowest BCUT2D eigenvalue weighted by molar-refractivity contribution is -0.0240. The molecule has 2 saturated heterocycles. The second-order valence-corrected chi connectivity index (χ2v) is 11.5. The second-order valence-electron chi connectivity index (χ2n) is 9.71. The third-order valence-electron chi connectivity index (χ3n) is 6.61. The fraction of sp³-hybridized carbons (Fsp3) is 0.600. The van der Waals surface area contributed by atoms with Crippen LogP contribution < -0.4 is 9.62 Å². The Balaban J connectivity index is 1.40. The van der Waals surface area contributed by atoms with Gasteiger partial charge in [-0.2, -0.15) is 0 Å². The van der Waals surface area contributed by atoms with Gasteiger partial charge in [-0.05, 0) is 51.0 Å². The summed E-state index contributed by atoms with van der Waals surface area (Å²) in [5.41, 5.74) is 0. The van der Waals surface area contributed by atoms with Crippen LogP contribution in [0.3, 0.4) is 0 Å². The molecule has 0 bridgehead atoms. The Labute approximate surface area is 207 Å². The molecule has 10 heteroatoms. The van der Waals surface area contributed by atoms with E-state index in [0.29, 0.717) is 19.4 Å². The van der Waals surface area contributed by atoms with Crippen LogP contribution in [0.1, 0.15) is 39.5 Å². The molecule has 2 aromatic rings. The summed E-state index contributed by atoms with van der Waals surface area (Å²) in [6.07, 6.45) is 5.37. The minimum atomic E-state index is -3.43. The number of ether oxygens (including phenoxy) is 2. The highest BCUT2D eigenvalue weighted by Gasteiger charge is 2.38.